The first-order valence-corrected chi connectivity index (χ1v) is 9.03. The summed E-state index contributed by atoms with van der Waals surface area (Å²) in [4.78, 5) is 27.4. The summed E-state index contributed by atoms with van der Waals surface area (Å²) >= 11 is 6.43. The standard InChI is InChI=1S/C20H27ClN2O2/c1-14(6-8-24)9-15-10-18(21)19-16(5-7-22-19)17(15)11-23(13-25)12-20(2,3)4/h5,7-8,10,13-14,22H,6,9,11-12H2,1-4H3. The van der Waals surface area contributed by atoms with Gasteiger partial charge in [-0.2, -0.15) is 0 Å². The van der Waals surface area contributed by atoms with Crippen molar-refractivity contribution in [2.75, 3.05) is 6.54 Å². The van der Waals surface area contributed by atoms with Gasteiger partial charge in [0, 0.05) is 31.1 Å². The van der Waals surface area contributed by atoms with E-state index in [0.717, 1.165) is 41.1 Å². The minimum absolute atomic E-state index is 0.0234. The SMILES string of the molecule is CC(CC=O)Cc1cc(Cl)c2[nH]ccc2c1CN(C=O)CC(C)(C)C. The van der Waals surface area contributed by atoms with Crippen LogP contribution in [0, 0.1) is 11.3 Å². The Morgan fingerprint density at radius 2 is 2.04 bits per heavy atom. The zero-order chi connectivity index (χ0) is 18.6. The van der Waals surface area contributed by atoms with Gasteiger partial charge in [0.25, 0.3) is 0 Å². The number of amides is 1. The van der Waals surface area contributed by atoms with E-state index in [2.05, 4.69) is 32.7 Å². The summed E-state index contributed by atoms with van der Waals surface area (Å²) in [5, 5.41) is 1.71. The number of nitrogens with one attached hydrogen (secondary N) is 1. The van der Waals surface area contributed by atoms with Crippen LogP contribution in [0.4, 0.5) is 0 Å². The molecule has 1 amide bonds. The molecule has 0 spiro atoms. The van der Waals surface area contributed by atoms with Crippen LogP contribution in [0.5, 0.6) is 0 Å². The van der Waals surface area contributed by atoms with Crippen LogP contribution >= 0.6 is 11.6 Å². The number of hydrogen-bond acceptors (Lipinski definition) is 2. The molecular formula is C20H27ClN2O2. The van der Waals surface area contributed by atoms with E-state index in [1.165, 1.54) is 0 Å². The van der Waals surface area contributed by atoms with Crippen LogP contribution in [0.1, 0.15) is 45.2 Å². The van der Waals surface area contributed by atoms with Gasteiger partial charge in [0.1, 0.15) is 6.29 Å². The van der Waals surface area contributed by atoms with Crippen molar-refractivity contribution in [3.63, 3.8) is 0 Å². The summed E-state index contributed by atoms with van der Waals surface area (Å²) in [6, 6.07) is 3.97. The van der Waals surface area contributed by atoms with Crippen molar-refractivity contribution in [2.45, 2.75) is 47.1 Å². The molecule has 0 aliphatic heterocycles. The second-order valence-corrected chi connectivity index (χ2v) is 8.45. The van der Waals surface area contributed by atoms with Crippen molar-refractivity contribution in [2.24, 2.45) is 11.3 Å². The lowest BCUT2D eigenvalue weighted by Crippen LogP contribution is -2.31. The number of fused-ring (bicyclic) bond motifs is 1. The third kappa shape index (κ3) is 5.08. The van der Waals surface area contributed by atoms with Gasteiger partial charge in [-0.1, -0.05) is 39.3 Å². The molecule has 0 fully saturated rings. The largest absolute Gasteiger partial charge is 0.360 e. The first-order chi connectivity index (χ1) is 11.7. The summed E-state index contributed by atoms with van der Waals surface area (Å²) in [5.41, 5.74) is 3.13. The van der Waals surface area contributed by atoms with Gasteiger partial charge in [0.05, 0.1) is 10.5 Å². The smallest absolute Gasteiger partial charge is 0.210 e. The van der Waals surface area contributed by atoms with E-state index >= 15 is 0 Å². The van der Waals surface area contributed by atoms with Gasteiger partial charge < -0.3 is 14.7 Å². The van der Waals surface area contributed by atoms with E-state index in [1.54, 1.807) is 0 Å². The van der Waals surface area contributed by atoms with Crippen molar-refractivity contribution >= 4 is 35.2 Å². The van der Waals surface area contributed by atoms with Gasteiger partial charge in [-0.15, -0.1) is 0 Å². The molecule has 2 aromatic rings. The van der Waals surface area contributed by atoms with Crippen molar-refractivity contribution < 1.29 is 9.59 Å². The summed E-state index contributed by atoms with van der Waals surface area (Å²) < 4.78 is 0. The van der Waals surface area contributed by atoms with E-state index in [0.29, 0.717) is 24.5 Å². The normalized spacial score (nSPS) is 13.0. The van der Waals surface area contributed by atoms with Crippen LogP contribution in [-0.4, -0.2) is 29.1 Å². The maximum atomic E-state index is 11.6. The number of aromatic nitrogens is 1. The van der Waals surface area contributed by atoms with Crippen molar-refractivity contribution in [1.82, 2.24) is 9.88 Å². The highest BCUT2D eigenvalue weighted by Crippen LogP contribution is 2.32. The average Bonchev–Trinajstić information content (AvgIpc) is 2.99. The zero-order valence-corrected chi connectivity index (χ0v) is 16.2. The maximum absolute atomic E-state index is 11.6. The number of benzene rings is 1. The molecule has 0 aliphatic rings. The van der Waals surface area contributed by atoms with Gasteiger partial charge >= 0.3 is 0 Å². The second-order valence-electron chi connectivity index (χ2n) is 8.05. The van der Waals surface area contributed by atoms with Crippen molar-refractivity contribution in [1.29, 1.82) is 0 Å². The third-order valence-electron chi connectivity index (χ3n) is 4.25. The Kier molecular flexibility index (Phi) is 6.28. The molecule has 1 aromatic carbocycles. The molecular weight excluding hydrogens is 336 g/mol. The number of aldehydes is 1. The number of aromatic amines is 1. The Balaban J connectivity index is 2.43. The highest BCUT2D eigenvalue weighted by atomic mass is 35.5. The molecule has 0 saturated heterocycles. The number of carbonyl (C=O) groups excluding carboxylic acids is 2. The molecule has 1 unspecified atom stereocenters. The van der Waals surface area contributed by atoms with E-state index in [4.69, 9.17) is 11.6 Å². The Labute approximate surface area is 154 Å². The van der Waals surface area contributed by atoms with Gasteiger partial charge in [-0.05, 0) is 41.0 Å². The molecule has 0 radical (unpaired) electrons. The lowest BCUT2D eigenvalue weighted by Gasteiger charge is -2.28. The fraction of sp³-hybridized carbons (Fsp3) is 0.500. The summed E-state index contributed by atoms with van der Waals surface area (Å²) in [6.45, 7) is 9.61. The maximum Gasteiger partial charge on any atom is 0.210 e. The molecule has 25 heavy (non-hydrogen) atoms. The van der Waals surface area contributed by atoms with E-state index in [1.807, 2.05) is 23.2 Å². The zero-order valence-electron chi connectivity index (χ0n) is 15.4. The number of rotatable bonds is 8. The third-order valence-corrected chi connectivity index (χ3v) is 4.55. The molecule has 2 rings (SSSR count). The topological polar surface area (TPSA) is 53.2 Å². The number of H-pyrrole nitrogens is 1. The van der Waals surface area contributed by atoms with Gasteiger partial charge in [0.2, 0.25) is 6.41 Å². The van der Waals surface area contributed by atoms with Crippen LogP contribution in [0.2, 0.25) is 5.02 Å². The number of carbonyl (C=O) groups is 2. The lowest BCUT2D eigenvalue weighted by molar-refractivity contribution is -0.119. The Bertz CT molecular complexity index is 746. The molecule has 0 aliphatic carbocycles. The van der Waals surface area contributed by atoms with Crippen molar-refractivity contribution in [3.8, 4) is 0 Å². The van der Waals surface area contributed by atoms with Crippen LogP contribution < -0.4 is 0 Å². The lowest BCUT2D eigenvalue weighted by atomic mass is 9.92. The van der Waals surface area contributed by atoms with Crippen LogP contribution in [-0.2, 0) is 22.6 Å². The quantitative estimate of drug-likeness (QED) is 0.698. The predicted molar refractivity (Wildman–Crippen MR) is 103 cm³/mol. The Morgan fingerprint density at radius 1 is 1.32 bits per heavy atom. The van der Waals surface area contributed by atoms with Crippen molar-refractivity contribution in [3.05, 3.63) is 34.5 Å². The number of halogens is 1. The molecule has 1 heterocycles. The molecule has 1 N–H and O–H groups in total. The molecule has 0 bridgehead atoms. The second kappa shape index (κ2) is 8.05. The first kappa shape index (κ1) is 19.5. The number of nitrogens with zero attached hydrogens (tertiary/aromatic N) is 1. The monoisotopic (exact) mass is 362 g/mol. The predicted octanol–water partition coefficient (Wildman–Crippen LogP) is 4.59. The Hall–Kier alpha value is -1.81. The van der Waals surface area contributed by atoms with E-state index in [-0.39, 0.29) is 11.3 Å². The van der Waals surface area contributed by atoms with Crippen LogP contribution in [0.3, 0.4) is 0 Å². The molecule has 4 nitrogen and oxygen atoms in total. The average molecular weight is 363 g/mol. The highest BCUT2D eigenvalue weighted by Gasteiger charge is 2.20. The molecule has 0 saturated carbocycles. The van der Waals surface area contributed by atoms with Gasteiger partial charge in [-0.25, -0.2) is 0 Å². The highest BCUT2D eigenvalue weighted by molar-refractivity contribution is 6.35. The minimum atomic E-state index is 0.0234. The van der Waals surface area contributed by atoms with E-state index in [9.17, 15) is 9.59 Å². The molecule has 1 aromatic heterocycles. The minimum Gasteiger partial charge on any atom is -0.360 e. The first-order valence-electron chi connectivity index (χ1n) is 8.65. The fourth-order valence-electron chi connectivity index (χ4n) is 3.24. The summed E-state index contributed by atoms with van der Waals surface area (Å²) in [7, 11) is 0. The fourth-order valence-corrected chi connectivity index (χ4v) is 3.53. The van der Waals surface area contributed by atoms with Crippen LogP contribution in [0.15, 0.2) is 18.3 Å². The summed E-state index contributed by atoms with van der Waals surface area (Å²) in [5.74, 6) is 0.232. The van der Waals surface area contributed by atoms with Gasteiger partial charge in [0.15, 0.2) is 0 Å². The molecule has 5 heteroatoms. The Morgan fingerprint density at radius 3 is 2.64 bits per heavy atom. The van der Waals surface area contributed by atoms with Gasteiger partial charge in [-0.3, -0.25) is 4.79 Å². The molecule has 136 valence electrons. The molecule has 1 atom stereocenters. The van der Waals surface area contributed by atoms with E-state index < -0.39 is 0 Å². The van der Waals surface area contributed by atoms with Crippen LogP contribution in [0.25, 0.3) is 10.9 Å². The number of hydrogen-bond donors (Lipinski definition) is 1. The summed E-state index contributed by atoms with van der Waals surface area (Å²) in [6.07, 6.45) is 5.02.